The zero-order valence-corrected chi connectivity index (χ0v) is 16.3. The predicted molar refractivity (Wildman–Crippen MR) is 100 cm³/mol. The van der Waals surface area contributed by atoms with Crippen molar-refractivity contribution < 1.29 is 32.6 Å². The van der Waals surface area contributed by atoms with Crippen molar-refractivity contribution in [1.82, 2.24) is 0 Å². The molecule has 1 amide bonds. The number of ether oxygens (including phenoxy) is 3. The van der Waals surface area contributed by atoms with E-state index in [2.05, 4.69) is 42.7 Å². The lowest BCUT2D eigenvalue weighted by Crippen LogP contribution is -2.17. The molecule has 0 spiro atoms. The van der Waals surface area contributed by atoms with Crippen LogP contribution in [0.15, 0.2) is 46.0 Å². The largest absolute Gasteiger partial charge is 0.487 e. The third kappa shape index (κ3) is 5.70. The van der Waals surface area contributed by atoms with Crippen molar-refractivity contribution in [2.45, 2.75) is 5.57 Å². The van der Waals surface area contributed by atoms with Crippen LogP contribution >= 0.6 is 27.5 Å². The number of hydrogen-bond acceptors (Lipinski definition) is 6. The van der Waals surface area contributed by atoms with Crippen LogP contribution in [-0.4, -0.2) is 31.1 Å². The molecule has 11 heteroatoms. The van der Waals surface area contributed by atoms with Crippen LogP contribution in [0.4, 0.5) is 14.5 Å². The fraction of sp³-hybridized carbons (Fsp3) is 0.176. The van der Waals surface area contributed by atoms with Crippen LogP contribution in [0.25, 0.3) is 0 Å². The monoisotopic (exact) mass is 476 g/mol. The van der Waals surface area contributed by atoms with Gasteiger partial charge in [0.25, 0.3) is 5.91 Å². The highest BCUT2D eigenvalue weighted by molar-refractivity contribution is 9.10. The molecule has 1 heterocycles. The number of amides is 1. The molecule has 0 atom stereocenters. The standard InChI is InChI=1S/C17H12BrClF2N2O5/c18-13-6-15-14(25-9-26-15)5-10(13)7-22-27-8-16(24)23-11-1-3-12(4-2-11)28-17(19,20)21/h1-7H,8-9H2,(H,23,24)/b22-7-. The summed E-state index contributed by atoms with van der Waals surface area (Å²) in [5.74, 6) is 0.573. The Morgan fingerprint density at radius 2 is 1.96 bits per heavy atom. The second kappa shape index (κ2) is 8.61. The summed E-state index contributed by atoms with van der Waals surface area (Å²) in [7, 11) is 0. The molecule has 1 aliphatic rings. The molecule has 0 bridgehead atoms. The summed E-state index contributed by atoms with van der Waals surface area (Å²) in [6.45, 7) is -0.197. The van der Waals surface area contributed by atoms with E-state index in [0.717, 1.165) is 4.47 Å². The summed E-state index contributed by atoms with van der Waals surface area (Å²) in [5.41, 5.74) is -2.76. The van der Waals surface area contributed by atoms with Crippen LogP contribution in [-0.2, 0) is 9.63 Å². The molecule has 148 valence electrons. The first kappa shape index (κ1) is 20.2. The maximum atomic E-state index is 12.5. The van der Waals surface area contributed by atoms with E-state index in [1.54, 1.807) is 12.1 Å². The molecule has 0 saturated carbocycles. The number of rotatable bonds is 7. The van der Waals surface area contributed by atoms with Crippen molar-refractivity contribution in [1.29, 1.82) is 0 Å². The lowest BCUT2D eigenvalue weighted by atomic mass is 10.2. The van der Waals surface area contributed by atoms with Crippen molar-refractivity contribution >= 4 is 45.3 Å². The van der Waals surface area contributed by atoms with Gasteiger partial charge < -0.3 is 24.4 Å². The molecule has 2 aromatic carbocycles. The van der Waals surface area contributed by atoms with E-state index in [4.69, 9.17) is 14.3 Å². The fourth-order valence-corrected chi connectivity index (χ4v) is 2.67. The first-order chi connectivity index (χ1) is 13.3. The summed E-state index contributed by atoms with van der Waals surface area (Å²) >= 11 is 8.05. The SMILES string of the molecule is O=C(CO/N=C\c1cc2c(cc1Br)OCO2)Nc1ccc(OC(F)(F)Cl)cc1. The van der Waals surface area contributed by atoms with Crippen LogP contribution in [0, 0.1) is 0 Å². The summed E-state index contributed by atoms with van der Waals surface area (Å²) in [5, 5.41) is 6.25. The highest BCUT2D eigenvalue weighted by Gasteiger charge is 2.27. The van der Waals surface area contributed by atoms with Crippen molar-refractivity contribution in [3.8, 4) is 17.2 Å². The van der Waals surface area contributed by atoms with Gasteiger partial charge in [0.1, 0.15) is 5.75 Å². The van der Waals surface area contributed by atoms with Gasteiger partial charge in [0.15, 0.2) is 18.1 Å². The van der Waals surface area contributed by atoms with Gasteiger partial charge >= 0.3 is 5.57 Å². The Hall–Kier alpha value is -2.59. The smallest absolute Gasteiger partial charge is 0.454 e. The third-order valence-corrected chi connectivity index (χ3v) is 4.09. The number of carbonyl (C=O) groups is 1. The van der Waals surface area contributed by atoms with Crippen molar-refractivity contribution in [3.63, 3.8) is 0 Å². The molecule has 0 saturated heterocycles. The molecule has 1 N–H and O–H groups in total. The van der Waals surface area contributed by atoms with Gasteiger partial charge in [0, 0.05) is 27.3 Å². The first-order valence-corrected chi connectivity index (χ1v) is 8.87. The van der Waals surface area contributed by atoms with Gasteiger partial charge in [0.05, 0.1) is 6.21 Å². The number of nitrogens with zero attached hydrogens (tertiary/aromatic N) is 1. The minimum Gasteiger partial charge on any atom is -0.454 e. The number of oxime groups is 1. The number of hydrogen-bond donors (Lipinski definition) is 1. The molecule has 0 aliphatic carbocycles. The van der Waals surface area contributed by atoms with E-state index in [0.29, 0.717) is 22.7 Å². The summed E-state index contributed by atoms with van der Waals surface area (Å²) in [6.07, 6.45) is 1.41. The van der Waals surface area contributed by atoms with Crippen LogP contribution in [0.2, 0.25) is 0 Å². The van der Waals surface area contributed by atoms with Crippen LogP contribution in [0.5, 0.6) is 17.2 Å². The number of halogens is 4. The Morgan fingerprint density at radius 3 is 2.64 bits per heavy atom. The number of anilines is 1. The van der Waals surface area contributed by atoms with Crippen molar-refractivity contribution in [2.75, 3.05) is 18.7 Å². The zero-order valence-electron chi connectivity index (χ0n) is 14.0. The van der Waals surface area contributed by atoms with Gasteiger partial charge in [-0.1, -0.05) is 5.16 Å². The fourth-order valence-electron chi connectivity index (χ4n) is 2.16. The molecule has 1 aliphatic heterocycles. The average Bonchev–Trinajstić information content (AvgIpc) is 3.06. The molecule has 3 rings (SSSR count). The Kier molecular flexibility index (Phi) is 6.20. The molecular formula is C17H12BrClF2N2O5. The van der Waals surface area contributed by atoms with E-state index in [1.807, 2.05) is 0 Å². The molecule has 2 aromatic rings. The summed E-state index contributed by atoms with van der Waals surface area (Å²) in [4.78, 5) is 16.8. The quantitative estimate of drug-likeness (QED) is 0.365. The maximum Gasteiger partial charge on any atom is 0.487 e. The van der Waals surface area contributed by atoms with E-state index in [-0.39, 0.29) is 19.1 Å². The maximum absolute atomic E-state index is 12.5. The number of alkyl halides is 3. The Labute approximate surface area is 171 Å². The van der Waals surface area contributed by atoms with Crippen molar-refractivity contribution in [2.24, 2.45) is 5.16 Å². The normalized spacial score (nSPS) is 12.9. The van der Waals surface area contributed by atoms with E-state index < -0.39 is 11.5 Å². The molecule has 0 unspecified atom stereocenters. The van der Waals surface area contributed by atoms with E-state index in [9.17, 15) is 13.6 Å². The van der Waals surface area contributed by atoms with Gasteiger partial charge in [-0.15, -0.1) is 8.78 Å². The molecule has 0 radical (unpaired) electrons. The van der Waals surface area contributed by atoms with Gasteiger partial charge in [-0.3, -0.25) is 4.79 Å². The van der Waals surface area contributed by atoms with Crippen LogP contribution < -0.4 is 19.5 Å². The summed E-state index contributed by atoms with van der Waals surface area (Å²) < 4.78 is 40.5. The Bertz CT molecular complexity index is 890. The highest BCUT2D eigenvalue weighted by Crippen LogP contribution is 2.36. The van der Waals surface area contributed by atoms with Gasteiger partial charge in [-0.25, -0.2) is 0 Å². The number of benzene rings is 2. The van der Waals surface area contributed by atoms with Crippen LogP contribution in [0.3, 0.4) is 0 Å². The van der Waals surface area contributed by atoms with Gasteiger partial charge in [-0.2, -0.15) is 0 Å². The zero-order chi connectivity index (χ0) is 20.1. The second-order valence-corrected chi connectivity index (χ2v) is 6.65. The van der Waals surface area contributed by atoms with E-state index in [1.165, 1.54) is 30.5 Å². The topological polar surface area (TPSA) is 78.4 Å². The Balaban J connectivity index is 1.48. The van der Waals surface area contributed by atoms with E-state index >= 15 is 0 Å². The number of carbonyl (C=O) groups excluding carboxylic acids is 1. The highest BCUT2D eigenvalue weighted by atomic mass is 79.9. The molecule has 7 nitrogen and oxygen atoms in total. The lowest BCUT2D eigenvalue weighted by molar-refractivity contribution is -0.120. The van der Waals surface area contributed by atoms with Gasteiger partial charge in [0.2, 0.25) is 6.79 Å². The minimum absolute atomic E-state index is 0.145. The first-order valence-electron chi connectivity index (χ1n) is 7.70. The van der Waals surface area contributed by atoms with Crippen LogP contribution in [0.1, 0.15) is 5.56 Å². The minimum atomic E-state index is -3.80. The number of nitrogens with one attached hydrogen (secondary N) is 1. The second-order valence-electron chi connectivity index (χ2n) is 5.36. The third-order valence-electron chi connectivity index (χ3n) is 3.33. The number of fused-ring (bicyclic) bond motifs is 1. The van der Waals surface area contributed by atoms with Gasteiger partial charge in [-0.05, 0) is 52.3 Å². The average molecular weight is 478 g/mol. The Morgan fingerprint density at radius 1 is 1.29 bits per heavy atom. The predicted octanol–water partition coefficient (Wildman–Crippen LogP) is 4.33. The molecule has 0 fully saturated rings. The lowest BCUT2D eigenvalue weighted by Gasteiger charge is -2.11. The molecule has 28 heavy (non-hydrogen) atoms. The molecular weight excluding hydrogens is 466 g/mol. The summed E-state index contributed by atoms with van der Waals surface area (Å²) in [6, 6.07) is 8.69. The molecule has 0 aromatic heterocycles. The van der Waals surface area contributed by atoms with Crippen molar-refractivity contribution in [3.05, 3.63) is 46.4 Å².